The molecule has 0 radical (unpaired) electrons. The number of benzene rings is 2. The van der Waals surface area contributed by atoms with Crippen molar-refractivity contribution in [1.82, 2.24) is 0 Å². The summed E-state index contributed by atoms with van der Waals surface area (Å²) in [7, 11) is 0. The molecule has 1 fully saturated rings. The molecule has 2 aliphatic heterocycles. The number of rotatable bonds is 4. The molecule has 4 rings (SSSR count). The van der Waals surface area contributed by atoms with E-state index in [4.69, 9.17) is 4.74 Å². The molecular weight excluding hydrogens is 314 g/mol. The first-order valence-electron chi connectivity index (χ1n) is 8.95. The standard InChI is InChI=1S/C20H25N3O2/c1-15(24)13-23-14-21-19-12-17(4-7-20(19)23)16-2-5-18(6-3-16)22-8-10-25-11-9-22/h2-7,12,15,21,24H,8-11,13-14H2,1H3. The fourth-order valence-corrected chi connectivity index (χ4v) is 3.57. The van der Waals surface area contributed by atoms with Crippen molar-refractivity contribution in [2.75, 3.05) is 54.6 Å². The zero-order valence-electron chi connectivity index (χ0n) is 14.6. The Morgan fingerprint density at radius 3 is 2.52 bits per heavy atom. The molecule has 2 heterocycles. The smallest absolute Gasteiger partial charge is 0.0878 e. The van der Waals surface area contributed by atoms with E-state index in [1.54, 1.807) is 0 Å². The van der Waals surface area contributed by atoms with Crippen LogP contribution in [0.25, 0.3) is 11.1 Å². The van der Waals surface area contributed by atoms with E-state index >= 15 is 0 Å². The topological polar surface area (TPSA) is 48.0 Å². The van der Waals surface area contributed by atoms with Gasteiger partial charge in [-0.05, 0) is 42.3 Å². The van der Waals surface area contributed by atoms with Crippen LogP contribution in [0.3, 0.4) is 0 Å². The maximum Gasteiger partial charge on any atom is 0.0878 e. The van der Waals surface area contributed by atoms with Crippen molar-refractivity contribution in [3.8, 4) is 11.1 Å². The Bertz CT molecular complexity index is 724. The summed E-state index contributed by atoms with van der Waals surface area (Å²) >= 11 is 0. The van der Waals surface area contributed by atoms with Crippen LogP contribution in [0.5, 0.6) is 0 Å². The van der Waals surface area contributed by atoms with Gasteiger partial charge in [-0.3, -0.25) is 0 Å². The number of aliphatic hydroxyl groups excluding tert-OH is 1. The van der Waals surface area contributed by atoms with E-state index in [-0.39, 0.29) is 6.10 Å². The first-order valence-corrected chi connectivity index (χ1v) is 8.95. The van der Waals surface area contributed by atoms with Crippen molar-refractivity contribution in [3.63, 3.8) is 0 Å². The van der Waals surface area contributed by atoms with Crippen LogP contribution in [-0.2, 0) is 4.74 Å². The first-order chi connectivity index (χ1) is 12.2. The molecule has 25 heavy (non-hydrogen) atoms. The van der Waals surface area contributed by atoms with E-state index in [0.717, 1.165) is 44.3 Å². The zero-order valence-corrected chi connectivity index (χ0v) is 14.6. The Morgan fingerprint density at radius 2 is 1.80 bits per heavy atom. The molecule has 2 aliphatic rings. The number of aliphatic hydroxyl groups is 1. The maximum absolute atomic E-state index is 9.62. The Kier molecular flexibility index (Phi) is 4.51. The monoisotopic (exact) mass is 339 g/mol. The average molecular weight is 339 g/mol. The van der Waals surface area contributed by atoms with Gasteiger partial charge >= 0.3 is 0 Å². The number of anilines is 3. The average Bonchev–Trinajstić information content (AvgIpc) is 3.04. The van der Waals surface area contributed by atoms with Gasteiger partial charge in [0, 0.05) is 25.3 Å². The molecule has 5 nitrogen and oxygen atoms in total. The predicted octanol–water partition coefficient (Wildman–Crippen LogP) is 2.76. The molecule has 0 bridgehead atoms. The van der Waals surface area contributed by atoms with E-state index in [1.165, 1.54) is 16.8 Å². The summed E-state index contributed by atoms with van der Waals surface area (Å²) in [6.07, 6.45) is -0.333. The van der Waals surface area contributed by atoms with E-state index in [9.17, 15) is 5.11 Å². The van der Waals surface area contributed by atoms with E-state index in [0.29, 0.717) is 6.54 Å². The van der Waals surface area contributed by atoms with Crippen LogP contribution in [0.1, 0.15) is 6.92 Å². The van der Waals surface area contributed by atoms with Crippen molar-refractivity contribution in [2.24, 2.45) is 0 Å². The summed E-state index contributed by atoms with van der Waals surface area (Å²) in [6.45, 7) is 6.75. The number of hydrogen-bond donors (Lipinski definition) is 2. The molecule has 1 unspecified atom stereocenters. The molecule has 2 N–H and O–H groups in total. The SMILES string of the molecule is CC(O)CN1CNc2cc(-c3ccc(N4CCOCC4)cc3)ccc21. The minimum Gasteiger partial charge on any atom is -0.392 e. The number of hydrogen-bond acceptors (Lipinski definition) is 5. The summed E-state index contributed by atoms with van der Waals surface area (Å²) in [5.74, 6) is 0. The van der Waals surface area contributed by atoms with E-state index in [1.807, 2.05) is 6.92 Å². The fourth-order valence-electron chi connectivity index (χ4n) is 3.57. The van der Waals surface area contributed by atoms with Gasteiger partial charge in [0.2, 0.25) is 0 Å². The lowest BCUT2D eigenvalue weighted by Gasteiger charge is -2.28. The molecule has 5 heteroatoms. The molecule has 132 valence electrons. The van der Waals surface area contributed by atoms with Gasteiger partial charge in [-0.25, -0.2) is 0 Å². The van der Waals surface area contributed by atoms with Crippen molar-refractivity contribution >= 4 is 17.1 Å². The molecule has 1 saturated heterocycles. The highest BCUT2D eigenvalue weighted by Gasteiger charge is 2.20. The van der Waals surface area contributed by atoms with Crippen LogP contribution >= 0.6 is 0 Å². The van der Waals surface area contributed by atoms with Crippen LogP contribution in [0.2, 0.25) is 0 Å². The molecule has 2 aromatic carbocycles. The lowest BCUT2D eigenvalue weighted by atomic mass is 10.0. The van der Waals surface area contributed by atoms with Gasteiger partial charge in [0.1, 0.15) is 0 Å². The number of fused-ring (bicyclic) bond motifs is 1. The quantitative estimate of drug-likeness (QED) is 0.897. The highest BCUT2D eigenvalue weighted by atomic mass is 16.5. The number of nitrogens with zero attached hydrogens (tertiary/aromatic N) is 2. The molecule has 0 amide bonds. The molecular formula is C20H25N3O2. The van der Waals surface area contributed by atoms with E-state index < -0.39 is 0 Å². The maximum atomic E-state index is 9.62. The molecule has 0 saturated carbocycles. The van der Waals surface area contributed by atoms with Gasteiger partial charge in [0.15, 0.2) is 0 Å². The number of morpholine rings is 1. The largest absolute Gasteiger partial charge is 0.392 e. The minimum absolute atomic E-state index is 0.333. The summed E-state index contributed by atoms with van der Waals surface area (Å²) in [4.78, 5) is 4.54. The summed E-state index contributed by atoms with van der Waals surface area (Å²) < 4.78 is 5.42. The lowest BCUT2D eigenvalue weighted by Crippen LogP contribution is -2.36. The Morgan fingerprint density at radius 1 is 1.08 bits per heavy atom. The number of β-amino-alcohol motifs (C(OH)–C–C–N with tert-alkyl or cyclic N) is 1. The summed E-state index contributed by atoms with van der Waals surface area (Å²) in [5, 5.41) is 13.0. The first kappa shape index (κ1) is 16.2. The Hall–Kier alpha value is -2.24. The molecule has 2 aromatic rings. The van der Waals surface area contributed by atoms with E-state index in [2.05, 4.69) is 57.6 Å². The van der Waals surface area contributed by atoms with Gasteiger partial charge in [-0.1, -0.05) is 18.2 Å². The third-order valence-corrected chi connectivity index (χ3v) is 4.86. The van der Waals surface area contributed by atoms with Crippen LogP contribution < -0.4 is 15.1 Å². The molecule has 1 atom stereocenters. The molecule has 0 aliphatic carbocycles. The highest BCUT2D eigenvalue weighted by molar-refractivity contribution is 5.81. The minimum atomic E-state index is -0.333. The normalized spacial score (nSPS) is 18.0. The second-order valence-electron chi connectivity index (χ2n) is 6.78. The third kappa shape index (κ3) is 3.43. The third-order valence-electron chi connectivity index (χ3n) is 4.86. The lowest BCUT2D eigenvalue weighted by molar-refractivity contribution is 0.122. The van der Waals surface area contributed by atoms with Crippen molar-refractivity contribution < 1.29 is 9.84 Å². The highest BCUT2D eigenvalue weighted by Crippen LogP contribution is 2.35. The molecule has 0 aromatic heterocycles. The second kappa shape index (κ2) is 6.94. The van der Waals surface area contributed by atoms with Gasteiger partial charge in [-0.15, -0.1) is 0 Å². The van der Waals surface area contributed by atoms with Gasteiger partial charge in [0.25, 0.3) is 0 Å². The van der Waals surface area contributed by atoms with Crippen LogP contribution in [-0.4, -0.2) is 50.7 Å². The zero-order chi connectivity index (χ0) is 17.2. The number of ether oxygens (including phenoxy) is 1. The Labute approximate surface area is 148 Å². The predicted molar refractivity (Wildman–Crippen MR) is 102 cm³/mol. The van der Waals surface area contributed by atoms with Crippen LogP contribution in [0.15, 0.2) is 42.5 Å². The number of nitrogens with one attached hydrogen (secondary N) is 1. The fraction of sp³-hybridized carbons (Fsp3) is 0.400. The van der Waals surface area contributed by atoms with Crippen molar-refractivity contribution in [2.45, 2.75) is 13.0 Å². The van der Waals surface area contributed by atoms with Crippen LogP contribution in [0.4, 0.5) is 17.1 Å². The summed E-state index contributed by atoms with van der Waals surface area (Å²) in [5.41, 5.74) is 5.98. The van der Waals surface area contributed by atoms with Gasteiger partial charge < -0.3 is 25.0 Å². The van der Waals surface area contributed by atoms with Crippen LogP contribution in [0, 0.1) is 0 Å². The van der Waals surface area contributed by atoms with Gasteiger partial charge in [-0.2, -0.15) is 0 Å². The van der Waals surface area contributed by atoms with Crippen molar-refractivity contribution in [1.29, 1.82) is 0 Å². The van der Waals surface area contributed by atoms with Crippen molar-refractivity contribution in [3.05, 3.63) is 42.5 Å². The second-order valence-corrected chi connectivity index (χ2v) is 6.78. The summed E-state index contributed by atoms with van der Waals surface area (Å²) in [6, 6.07) is 15.3. The Balaban J connectivity index is 1.52. The molecule has 0 spiro atoms. The van der Waals surface area contributed by atoms with Gasteiger partial charge in [0.05, 0.1) is 37.4 Å².